The van der Waals surface area contributed by atoms with E-state index in [2.05, 4.69) is 10.0 Å². The summed E-state index contributed by atoms with van der Waals surface area (Å²) in [6.45, 7) is 3.64. The van der Waals surface area contributed by atoms with E-state index in [-0.39, 0.29) is 28.3 Å². The van der Waals surface area contributed by atoms with Gasteiger partial charge in [0.2, 0.25) is 10.0 Å². The molecule has 0 aliphatic carbocycles. The Hall–Kier alpha value is -2.23. The largest absolute Gasteiger partial charge is 0.477 e. The lowest BCUT2D eigenvalue weighted by Gasteiger charge is -2.10. The number of carboxylic acids is 1. The fourth-order valence-corrected chi connectivity index (χ4v) is 4.06. The fraction of sp³-hybridized carbons (Fsp3) is 0.250. The van der Waals surface area contributed by atoms with Gasteiger partial charge < -0.3 is 10.4 Å². The fourth-order valence-electron chi connectivity index (χ4n) is 2.02. The van der Waals surface area contributed by atoms with Crippen molar-refractivity contribution in [2.75, 3.05) is 0 Å². The first-order valence-electron chi connectivity index (χ1n) is 7.41. The van der Waals surface area contributed by atoms with E-state index < -0.39 is 16.0 Å². The van der Waals surface area contributed by atoms with Crippen LogP contribution in [-0.4, -0.2) is 31.4 Å². The molecular formula is C16H18N2O5S2. The Morgan fingerprint density at radius 3 is 2.28 bits per heavy atom. The highest BCUT2D eigenvalue weighted by atomic mass is 32.2. The van der Waals surface area contributed by atoms with Crippen molar-refractivity contribution in [3.63, 3.8) is 0 Å². The van der Waals surface area contributed by atoms with Crippen molar-refractivity contribution in [2.24, 2.45) is 0 Å². The normalized spacial score (nSPS) is 11.5. The Morgan fingerprint density at radius 2 is 1.76 bits per heavy atom. The van der Waals surface area contributed by atoms with Gasteiger partial charge in [-0.25, -0.2) is 17.9 Å². The molecule has 0 unspecified atom stereocenters. The molecule has 1 aromatic carbocycles. The molecule has 0 aliphatic rings. The van der Waals surface area contributed by atoms with Gasteiger partial charge in [-0.1, -0.05) is 0 Å². The number of amides is 1. The molecule has 25 heavy (non-hydrogen) atoms. The van der Waals surface area contributed by atoms with Crippen molar-refractivity contribution < 1.29 is 23.1 Å². The molecule has 1 amide bonds. The van der Waals surface area contributed by atoms with E-state index in [0.29, 0.717) is 10.4 Å². The van der Waals surface area contributed by atoms with Gasteiger partial charge in [0.15, 0.2) is 0 Å². The molecule has 1 heterocycles. The van der Waals surface area contributed by atoms with Gasteiger partial charge in [-0.15, -0.1) is 11.3 Å². The molecule has 3 N–H and O–H groups in total. The van der Waals surface area contributed by atoms with E-state index in [9.17, 15) is 18.0 Å². The van der Waals surface area contributed by atoms with Gasteiger partial charge in [0, 0.05) is 16.5 Å². The maximum atomic E-state index is 12.1. The third kappa shape index (κ3) is 5.12. The highest BCUT2D eigenvalue weighted by Gasteiger charge is 2.16. The molecule has 2 rings (SSSR count). The molecule has 0 saturated carbocycles. The summed E-state index contributed by atoms with van der Waals surface area (Å²) in [5.74, 6) is -1.37. The number of carboxylic acid groups (broad SMARTS) is 1. The van der Waals surface area contributed by atoms with Gasteiger partial charge in [0.05, 0.1) is 11.4 Å². The summed E-state index contributed by atoms with van der Waals surface area (Å²) < 4.78 is 26.5. The second-order valence-corrected chi connectivity index (χ2v) is 8.44. The average molecular weight is 382 g/mol. The Kier molecular flexibility index (Phi) is 5.93. The molecule has 0 atom stereocenters. The van der Waals surface area contributed by atoms with Crippen LogP contribution in [0.25, 0.3) is 0 Å². The van der Waals surface area contributed by atoms with Crippen LogP contribution < -0.4 is 10.0 Å². The van der Waals surface area contributed by atoms with E-state index in [1.807, 2.05) is 0 Å². The van der Waals surface area contributed by atoms with Crippen molar-refractivity contribution in [3.05, 3.63) is 51.7 Å². The second-order valence-electron chi connectivity index (χ2n) is 5.55. The van der Waals surface area contributed by atoms with Crippen LogP contribution in [0.1, 0.15) is 38.8 Å². The van der Waals surface area contributed by atoms with E-state index >= 15 is 0 Å². The number of hydrogen-bond acceptors (Lipinski definition) is 5. The van der Waals surface area contributed by atoms with Gasteiger partial charge >= 0.3 is 5.97 Å². The van der Waals surface area contributed by atoms with Crippen LogP contribution in [0, 0.1) is 0 Å². The summed E-state index contributed by atoms with van der Waals surface area (Å²) in [6.07, 6.45) is 0. The van der Waals surface area contributed by atoms with Gasteiger partial charge in [-0.3, -0.25) is 4.79 Å². The number of sulfonamides is 1. The Balaban J connectivity index is 2.01. The zero-order valence-electron chi connectivity index (χ0n) is 13.6. The van der Waals surface area contributed by atoms with Gasteiger partial charge in [0.25, 0.3) is 5.91 Å². The molecule has 0 spiro atoms. The van der Waals surface area contributed by atoms with Crippen molar-refractivity contribution in [1.29, 1.82) is 0 Å². The molecule has 0 saturated heterocycles. The highest BCUT2D eigenvalue weighted by Crippen LogP contribution is 2.16. The van der Waals surface area contributed by atoms with Crippen LogP contribution in [0.4, 0.5) is 0 Å². The minimum absolute atomic E-state index is 0.0853. The van der Waals surface area contributed by atoms with Crippen LogP contribution in [0.5, 0.6) is 0 Å². The molecule has 134 valence electrons. The maximum Gasteiger partial charge on any atom is 0.345 e. The number of rotatable bonds is 7. The van der Waals surface area contributed by atoms with Crippen LogP contribution in [0.15, 0.2) is 41.3 Å². The Morgan fingerprint density at radius 1 is 1.12 bits per heavy atom. The van der Waals surface area contributed by atoms with Gasteiger partial charge in [-0.2, -0.15) is 0 Å². The summed E-state index contributed by atoms with van der Waals surface area (Å²) in [5.41, 5.74) is 0.318. The van der Waals surface area contributed by atoms with E-state index in [4.69, 9.17) is 5.11 Å². The molecule has 2 aromatic rings. The van der Waals surface area contributed by atoms with Crippen LogP contribution in [-0.2, 0) is 16.6 Å². The van der Waals surface area contributed by atoms with E-state index in [0.717, 1.165) is 11.3 Å². The third-order valence-corrected chi connectivity index (χ3v) is 5.86. The number of benzene rings is 1. The first kappa shape index (κ1) is 19.1. The Labute approximate surface area is 149 Å². The highest BCUT2D eigenvalue weighted by molar-refractivity contribution is 7.89. The lowest BCUT2D eigenvalue weighted by Crippen LogP contribution is -2.30. The summed E-state index contributed by atoms with van der Waals surface area (Å²) in [4.78, 5) is 23.9. The van der Waals surface area contributed by atoms with Crippen LogP contribution in [0.2, 0.25) is 0 Å². The molecule has 7 nitrogen and oxygen atoms in total. The molecule has 0 aliphatic heterocycles. The first-order chi connectivity index (χ1) is 11.7. The Bertz CT molecular complexity index is 870. The predicted molar refractivity (Wildman–Crippen MR) is 94.3 cm³/mol. The predicted octanol–water partition coefficient (Wildman–Crippen LogP) is 2.06. The molecule has 1 aromatic heterocycles. The molecule has 0 fully saturated rings. The smallest absolute Gasteiger partial charge is 0.345 e. The lowest BCUT2D eigenvalue weighted by atomic mass is 10.2. The minimum Gasteiger partial charge on any atom is -0.477 e. The van der Waals surface area contributed by atoms with Gasteiger partial charge in [0.1, 0.15) is 4.88 Å². The number of aromatic carboxylic acids is 1. The SMILES string of the molecule is CC(C)NS(=O)(=O)c1ccc(C(=O)NCc2ccc(C(=O)O)s2)cc1. The number of carbonyl (C=O) groups excluding carboxylic acids is 1. The topological polar surface area (TPSA) is 113 Å². The van der Waals surface area contributed by atoms with Crippen molar-refractivity contribution in [1.82, 2.24) is 10.0 Å². The van der Waals surface area contributed by atoms with Crippen LogP contribution >= 0.6 is 11.3 Å². The molecule has 9 heteroatoms. The van der Waals surface area contributed by atoms with E-state index in [1.165, 1.54) is 30.3 Å². The summed E-state index contributed by atoms with van der Waals surface area (Å²) >= 11 is 1.09. The standard InChI is InChI=1S/C16H18N2O5S2/c1-10(2)18-25(22,23)13-6-3-11(4-7-13)15(19)17-9-12-5-8-14(24-12)16(20)21/h3-8,10,18H,9H2,1-2H3,(H,17,19)(H,20,21). The quantitative estimate of drug-likeness (QED) is 0.678. The summed E-state index contributed by atoms with van der Waals surface area (Å²) in [7, 11) is -3.60. The van der Waals surface area contributed by atoms with Gasteiger partial charge in [-0.05, 0) is 50.2 Å². The van der Waals surface area contributed by atoms with Crippen molar-refractivity contribution in [3.8, 4) is 0 Å². The van der Waals surface area contributed by atoms with Crippen LogP contribution in [0.3, 0.4) is 0 Å². The lowest BCUT2D eigenvalue weighted by molar-refractivity contribution is 0.0702. The number of thiophene rings is 1. The summed E-state index contributed by atoms with van der Waals surface area (Å²) in [6, 6.07) is 8.50. The molecular weight excluding hydrogens is 364 g/mol. The monoisotopic (exact) mass is 382 g/mol. The minimum atomic E-state index is -3.60. The molecule has 0 radical (unpaired) electrons. The third-order valence-electron chi connectivity index (χ3n) is 3.11. The van der Waals surface area contributed by atoms with E-state index in [1.54, 1.807) is 19.9 Å². The first-order valence-corrected chi connectivity index (χ1v) is 9.71. The molecule has 0 bridgehead atoms. The van der Waals surface area contributed by atoms with Crippen molar-refractivity contribution in [2.45, 2.75) is 31.3 Å². The average Bonchev–Trinajstić information content (AvgIpc) is 3.01. The van der Waals surface area contributed by atoms with Crippen molar-refractivity contribution >= 4 is 33.2 Å². The number of nitrogens with one attached hydrogen (secondary N) is 2. The zero-order chi connectivity index (χ0) is 18.6. The number of hydrogen-bond donors (Lipinski definition) is 3. The second kappa shape index (κ2) is 7.77. The number of carbonyl (C=O) groups is 2. The zero-order valence-corrected chi connectivity index (χ0v) is 15.3. The maximum absolute atomic E-state index is 12.1. The summed E-state index contributed by atoms with van der Waals surface area (Å²) in [5, 5.41) is 11.5.